The van der Waals surface area contributed by atoms with Gasteiger partial charge in [-0.1, -0.05) is 20.8 Å². The lowest BCUT2D eigenvalue weighted by atomic mass is 9.93. The van der Waals surface area contributed by atoms with Crippen molar-refractivity contribution in [3.63, 3.8) is 0 Å². The molecule has 20 heavy (non-hydrogen) atoms. The summed E-state index contributed by atoms with van der Waals surface area (Å²) in [7, 11) is 3.01. The van der Waals surface area contributed by atoms with E-state index in [0.29, 0.717) is 25.5 Å². The normalized spacial score (nSPS) is 11.7. The molecule has 0 saturated heterocycles. The van der Waals surface area contributed by atoms with Crippen molar-refractivity contribution < 1.29 is 0 Å². The molecule has 7 heteroatoms. The van der Waals surface area contributed by atoms with Crippen LogP contribution in [0.3, 0.4) is 0 Å². The monoisotopic (exact) mass is 283 g/mol. The first-order valence-corrected chi connectivity index (χ1v) is 6.83. The summed E-state index contributed by atoms with van der Waals surface area (Å²) >= 11 is 0. The summed E-state index contributed by atoms with van der Waals surface area (Å²) in [6.07, 6.45) is 0.883. The molecule has 0 spiro atoms. The van der Waals surface area contributed by atoms with Gasteiger partial charge in [-0.15, -0.1) is 5.10 Å². The Morgan fingerprint density at radius 2 is 1.90 bits per heavy atom. The number of hydrogen-bond donors (Lipinski definition) is 1. The third kappa shape index (κ3) is 3.47. The third-order valence-corrected chi connectivity index (χ3v) is 3.27. The van der Waals surface area contributed by atoms with E-state index in [4.69, 9.17) is 5.73 Å². The lowest BCUT2D eigenvalue weighted by Crippen LogP contribution is -2.46. The Morgan fingerprint density at radius 1 is 1.30 bits per heavy atom. The van der Waals surface area contributed by atoms with E-state index in [1.807, 2.05) is 25.7 Å². The molecule has 0 aromatic carbocycles. The molecule has 2 N–H and O–H groups in total. The van der Waals surface area contributed by atoms with Crippen LogP contribution in [0, 0.1) is 5.41 Å². The van der Waals surface area contributed by atoms with E-state index in [2.05, 4.69) is 5.10 Å². The average molecular weight is 283 g/mol. The fraction of sp³-hybridized carbons (Fsp3) is 0.769. The molecule has 0 aliphatic carbocycles. The molecular formula is C13H25N5O2. The standard InChI is InChI=1S/C13H25N5O2/c1-6-7-18(9-13(2,3)8-14)10-11(19)16(4)12(20)17(5)15-10/h6-9,14H2,1-5H3. The van der Waals surface area contributed by atoms with Crippen LogP contribution in [-0.2, 0) is 14.1 Å². The molecule has 1 aromatic heterocycles. The smallest absolute Gasteiger partial charge is 0.346 e. The van der Waals surface area contributed by atoms with Gasteiger partial charge >= 0.3 is 5.69 Å². The Labute approximate surface area is 119 Å². The van der Waals surface area contributed by atoms with Crippen molar-refractivity contribution in [1.82, 2.24) is 14.3 Å². The van der Waals surface area contributed by atoms with Crippen LogP contribution in [-0.4, -0.2) is 34.0 Å². The van der Waals surface area contributed by atoms with Gasteiger partial charge in [0.05, 0.1) is 0 Å². The molecule has 0 unspecified atom stereocenters. The van der Waals surface area contributed by atoms with Gasteiger partial charge in [-0.2, -0.15) is 0 Å². The average Bonchev–Trinajstić information content (AvgIpc) is 2.40. The highest BCUT2D eigenvalue weighted by Crippen LogP contribution is 2.17. The number of nitrogens with zero attached hydrogens (tertiary/aromatic N) is 4. The van der Waals surface area contributed by atoms with Crippen molar-refractivity contribution in [3.8, 4) is 0 Å². The molecule has 7 nitrogen and oxygen atoms in total. The highest BCUT2D eigenvalue weighted by molar-refractivity contribution is 5.35. The van der Waals surface area contributed by atoms with Gasteiger partial charge in [-0.3, -0.25) is 9.36 Å². The van der Waals surface area contributed by atoms with Crippen molar-refractivity contribution in [1.29, 1.82) is 0 Å². The zero-order valence-electron chi connectivity index (χ0n) is 13.0. The fourth-order valence-corrected chi connectivity index (χ4v) is 1.99. The third-order valence-electron chi connectivity index (χ3n) is 3.27. The van der Waals surface area contributed by atoms with Gasteiger partial charge in [-0.25, -0.2) is 9.48 Å². The number of aryl methyl sites for hydroxylation is 1. The van der Waals surface area contributed by atoms with Gasteiger partial charge < -0.3 is 10.6 Å². The molecule has 0 saturated carbocycles. The molecular weight excluding hydrogens is 258 g/mol. The van der Waals surface area contributed by atoms with Crippen LogP contribution in [0.4, 0.5) is 5.82 Å². The van der Waals surface area contributed by atoms with Crippen LogP contribution in [0.2, 0.25) is 0 Å². The molecule has 0 aliphatic rings. The second kappa shape index (κ2) is 6.21. The van der Waals surface area contributed by atoms with Gasteiger partial charge in [0.2, 0.25) is 5.82 Å². The van der Waals surface area contributed by atoms with Gasteiger partial charge in [0.25, 0.3) is 5.56 Å². The number of nitrogens with two attached hydrogens (primary N) is 1. The predicted molar refractivity (Wildman–Crippen MR) is 80.1 cm³/mol. The molecule has 114 valence electrons. The first-order chi connectivity index (χ1) is 9.23. The van der Waals surface area contributed by atoms with E-state index in [-0.39, 0.29) is 11.0 Å². The molecule has 0 atom stereocenters. The largest absolute Gasteiger partial charge is 0.350 e. The molecule has 0 aliphatic heterocycles. The summed E-state index contributed by atoms with van der Waals surface area (Å²) in [5, 5.41) is 4.13. The summed E-state index contributed by atoms with van der Waals surface area (Å²) in [5.41, 5.74) is 4.85. The Hall–Kier alpha value is -1.63. The van der Waals surface area contributed by atoms with Gasteiger partial charge in [0.15, 0.2) is 0 Å². The number of anilines is 1. The molecule has 1 heterocycles. The van der Waals surface area contributed by atoms with Crippen LogP contribution >= 0.6 is 0 Å². The molecule has 1 aromatic rings. The maximum Gasteiger partial charge on any atom is 0.346 e. The van der Waals surface area contributed by atoms with Gasteiger partial charge in [-0.05, 0) is 18.4 Å². The second-order valence-corrected chi connectivity index (χ2v) is 5.88. The number of hydrogen-bond acceptors (Lipinski definition) is 5. The Morgan fingerprint density at radius 3 is 2.40 bits per heavy atom. The Bertz CT molecular complexity index is 573. The quantitative estimate of drug-likeness (QED) is 0.773. The number of aromatic nitrogens is 3. The van der Waals surface area contributed by atoms with E-state index in [9.17, 15) is 9.59 Å². The topological polar surface area (TPSA) is 86.2 Å². The first-order valence-electron chi connectivity index (χ1n) is 6.83. The van der Waals surface area contributed by atoms with Crippen LogP contribution in [0.25, 0.3) is 0 Å². The maximum atomic E-state index is 12.2. The lowest BCUT2D eigenvalue weighted by molar-refractivity contribution is 0.374. The van der Waals surface area contributed by atoms with E-state index in [0.717, 1.165) is 11.0 Å². The van der Waals surface area contributed by atoms with E-state index in [1.54, 1.807) is 7.05 Å². The van der Waals surface area contributed by atoms with E-state index >= 15 is 0 Å². The van der Waals surface area contributed by atoms with Crippen molar-refractivity contribution in [2.75, 3.05) is 24.5 Å². The van der Waals surface area contributed by atoms with E-state index in [1.165, 1.54) is 11.7 Å². The minimum Gasteiger partial charge on any atom is -0.350 e. The predicted octanol–water partition coefficient (Wildman–Crippen LogP) is -0.320. The van der Waals surface area contributed by atoms with Crippen molar-refractivity contribution in [2.45, 2.75) is 27.2 Å². The zero-order chi connectivity index (χ0) is 15.5. The summed E-state index contributed by atoms with van der Waals surface area (Å²) in [5.74, 6) is 0.304. The minimum atomic E-state index is -0.423. The lowest BCUT2D eigenvalue weighted by Gasteiger charge is -2.32. The number of rotatable bonds is 6. The maximum absolute atomic E-state index is 12.2. The van der Waals surface area contributed by atoms with Crippen LogP contribution < -0.4 is 21.9 Å². The summed E-state index contributed by atoms with van der Waals surface area (Å²) in [6.45, 7) is 7.96. The van der Waals surface area contributed by atoms with Crippen molar-refractivity contribution in [3.05, 3.63) is 20.8 Å². The Balaban J connectivity index is 3.29. The fourth-order valence-electron chi connectivity index (χ4n) is 1.99. The minimum absolute atomic E-state index is 0.128. The summed E-state index contributed by atoms with van der Waals surface area (Å²) < 4.78 is 2.27. The summed E-state index contributed by atoms with van der Waals surface area (Å²) in [4.78, 5) is 25.8. The van der Waals surface area contributed by atoms with Crippen molar-refractivity contribution >= 4 is 5.82 Å². The van der Waals surface area contributed by atoms with Crippen LogP contribution in [0.1, 0.15) is 27.2 Å². The van der Waals surface area contributed by atoms with Crippen LogP contribution in [0.5, 0.6) is 0 Å². The molecule has 0 amide bonds. The highest BCUT2D eigenvalue weighted by Gasteiger charge is 2.23. The van der Waals surface area contributed by atoms with E-state index < -0.39 is 5.69 Å². The summed E-state index contributed by atoms with van der Waals surface area (Å²) in [6, 6.07) is 0. The first kappa shape index (κ1) is 16.4. The molecule has 1 rings (SSSR count). The molecule has 0 bridgehead atoms. The van der Waals surface area contributed by atoms with Gasteiger partial charge in [0.1, 0.15) is 0 Å². The SMILES string of the molecule is CCCN(CC(C)(C)CN)c1nn(C)c(=O)n(C)c1=O. The molecule has 0 radical (unpaired) electrons. The van der Waals surface area contributed by atoms with Gasteiger partial charge in [0, 0.05) is 27.2 Å². The van der Waals surface area contributed by atoms with Crippen LogP contribution in [0.15, 0.2) is 9.59 Å². The second-order valence-electron chi connectivity index (χ2n) is 5.88. The Kier molecular flexibility index (Phi) is 5.10. The molecule has 0 fully saturated rings. The zero-order valence-corrected chi connectivity index (χ0v) is 13.0. The van der Waals surface area contributed by atoms with Crippen molar-refractivity contribution in [2.24, 2.45) is 25.2 Å². The highest BCUT2D eigenvalue weighted by atomic mass is 16.2.